The zero-order chi connectivity index (χ0) is 19.6. The first-order chi connectivity index (χ1) is 12.1. The number of aromatic nitrogens is 1. The van der Waals surface area contributed by atoms with E-state index in [9.17, 15) is 15.0 Å². The van der Waals surface area contributed by atoms with E-state index in [4.69, 9.17) is 4.74 Å². The lowest BCUT2D eigenvalue weighted by Crippen LogP contribution is -2.39. The molecule has 0 fully saturated rings. The summed E-state index contributed by atoms with van der Waals surface area (Å²) in [5.74, 6) is -0.0452. The monoisotopic (exact) mass is 364 g/mol. The van der Waals surface area contributed by atoms with Crippen molar-refractivity contribution in [2.24, 2.45) is 5.10 Å². The molecule has 26 heavy (non-hydrogen) atoms. The Morgan fingerprint density at radius 3 is 2.35 bits per heavy atom. The molecular formula is C18H28N4O4. The van der Waals surface area contributed by atoms with Crippen molar-refractivity contribution in [2.75, 3.05) is 0 Å². The van der Waals surface area contributed by atoms with E-state index in [0.29, 0.717) is 12.1 Å². The number of aliphatic hydroxyl groups is 2. The highest BCUT2D eigenvalue weighted by molar-refractivity contribution is 6.24. The Hall–Kier alpha value is -2.16. The van der Waals surface area contributed by atoms with E-state index < -0.39 is 12.5 Å². The summed E-state index contributed by atoms with van der Waals surface area (Å²) in [5, 5.41) is 23.7. The van der Waals surface area contributed by atoms with Crippen LogP contribution < -0.4 is 5.43 Å². The molecule has 4 N–H and O–H groups in total. The normalized spacial score (nSPS) is 18.5. The smallest absolute Gasteiger partial charge is 0.277 e. The van der Waals surface area contributed by atoms with Crippen molar-refractivity contribution in [1.29, 1.82) is 0 Å². The number of carbonyl (C=O) groups excluding carboxylic acids is 1. The van der Waals surface area contributed by atoms with Gasteiger partial charge in [-0.1, -0.05) is 0 Å². The minimum absolute atomic E-state index is 0.0995. The summed E-state index contributed by atoms with van der Waals surface area (Å²) in [7, 11) is 0. The molecule has 144 valence electrons. The quantitative estimate of drug-likeness (QED) is 0.450. The standard InChI is InChI=1S/C18H28N4O4/c1-9(2)26-18-14(17(25)20-21-18)7-16-10(3)15(11(4)19-16)8-22(12(5)23)13(6)24/h7,9,12-13,19,23-24H,8H2,1-6H3,(H,20,25). The number of hydrogen-bond acceptors (Lipinski definition) is 6. The fourth-order valence-corrected chi connectivity index (χ4v) is 2.86. The van der Waals surface area contributed by atoms with E-state index in [1.807, 2.05) is 27.7 Å². The Bertz CT molecular complexity index is 724. The van der Waals surface area contributed by atoms with Gasteiger partial charge in [0.15, 0.2) is 0 Å². The number of nitrogens with zero attached hydrogens (tertiary/aromatic N) is 2. The molecule has 1 aliphatic heterocycles. The number of rotatable bonds is 6. The number of aliphatic hydroxyl groups excluding tert-OH is 2. The predicted molar refractivity (Wildman–Crippen MR) is 98.9 cm³/mol. The van der Waals surface area contributed by atoms with Gasteiger partial charge in [-0.2, -0.15) is 0 Å². The van der Waals surface area contributed by atoms with Gasteiger partial charge in [0.1, 0.15) is 18.0 Å². The number of H-pyrrole nitrogens is 1. The Kier molecular flexibility index (Phi) is 6.22. The lowest BCUT2D eigenvalue weighted by atomic mass is 10.1. The first-order valence-electron chi connectivity index (χ1n) is 8.68. The largest absolute Gasteiger partial charge is 0.473 e. The summed E-state index contributed by atoms with van der Waals surface area (Å²) in [4.78, 5) is 16.9. The summed E-state index contributed by atoms with van der Waals surface area (Å²) in [5.41, 5.74) is 6.34. The van der Waals surface area contributed by atoms with E-state index in [2.05, 4.69) is 15.5 Å². The molecule has 0 saturated carbocycles. The molecule has 1 aromatic rings. The lowest BCUT2D eigenvalue weighted by Gasteiger charge is -2.28. The molecule has 8 heteroatoms. The number of hydrazone groups is 1. The Morgan fingerprint density at radius 2 is 1.81 bits per heavy atom. The van der Waals surface area contributed by atoms with Gasteiger partial charge < -0.3 is 19.9 Å². The zero-order valence-corrected chi connectivity index (χ0v) is 16.1. The van der Waals surface area contributed by atoms with Crippen LogP contribution in [0, 0.1) is 13.8 Å². The molecule has 0 radical (unpaired) electrons. The fraction of sp³-hybridized carbons (Fsp3) is 0.556. The number of nitrogens with one attached hydrogen (secondary N) is 2. The van der Waals surface area contributed by atoms with Crippen LogP contribution in [0.2, 0.25) is 0 Å². The van der Waals surface area contributed by atoms with Crippen LogP contribution in [0.15, 0.2) is 10.7 Å². The molecule has 8 nitrogen and oxygen atoms in total. The minimum Gasteiger partial charge on any atom is -0.473 e. The van der Waals surface area contributed by atoms with E-state index >= 15 is 0 Å². The van der Waals surface area contributed by atoms with E-state index in [1.54, 1.807) is 24.8 Å². The number of ether oxygens (including phenoxy) is 1. The molecule has 0 bridgehead atoms. The fourth-order valence-electron chi connectivity index (χ4n) is 2.86. The topological polar surface area (TPSA) is 110 Å². The number of amides is 1. The molecule has 2 atom stereocenters. The van der Waals surface area contributed by atoms with E-state index in [0.717, 1.165) is 22.5 Å². The minimum atomic E-state index is -0.788. The molecule has 0 aliphatic carbocycles. The van der Waals surface area contributed by atoms with Crippen LogP contribution in [0.3, 0.4) is 0 Å². The van der Waals surface area contributed by atoms with Gasteiger partial charge >= 0.3 is 0 Å². The number of aromatic amines is 1. The SMILES string of the molecule is Cc1[nH]c(C=C2C(=O)NN=C2OC(C)C)c(C)c1CN(C(C)O)C(C)O. The molecule has 2 unspecified atom stereocenters. The van der Waals surface area contributed by atoms with Gasteiger partial charge in [-0.15, -0.1) is 5.10 Å². The zero-order valence-electron chi connectivity index (χ0n) is 16.1. The molecule has 0 spiro atoms. The van der Waals surface area contributed by atoms with Crippen LogP contribution in [0.1, 0.15) is 50.2 Å². The van der Waals surface area contributed by atoms with Crippen molar-refractivity contribution in [3.63, 3.8) is 0 Å². The second-order valence-corrected chi connectivity index (χ2v) is 6.79. The highest BCUT2D eigenvalue weighted by atomic mass is 16.5. The van der Waals surface area contributed by atoms with Crippen molar-refractivity contribution in [3.8, 4) is 0 Å². The van der Waals surface area contributed by atoms with Gasteiger partial charge in [0.25, 0.3) is 5.91 Å². The van der Waals surface area contributed by atoms with E-state index in [-0.39, 0.29) is 17.9 Å². The second-order valence-electron chi connectivity index (χ2n) is 6.79. The van der Waals surface area contributed by atoms with Crippen molar-refractivity contribution >= 4 is 17.9 Å². The van der Waals surface area contributed by atoms with Crippen LogP contribution in [-0.2, 0) is 16.1 Å². The third kappa shape index (κ3) is 4.32. The third-order valence-electron chi connectivity index (χ3n) is 4.30. The Labute approximate surface area is 153 Å². The molecule has 2 rings (SSSR count). The first-order valence-corrected chi connectivity index (χ1v) is 8.68. The Morgan fingerprint density at radius 1 is 1.19 bits per heavy atom. The van der Waals surface area contributed by atoms with Gasteiger partial charge in [0, 0.05) is 17.9 Å². The summed E-state index contributed by atoms with van der Waals surface area (Å²) in [6.45, 7) is 11.2. The average Bonchev–Trinajstić information content (AvgIpc) is 2.98. The van der Waals surface area contributed by atoms with Gasteiger partial charge in [0.2, 0.25) is 5.90 Å². The van der Waals surface area contributed by atoms with Crippen molar-refractivity contribution in [1.82, 2.24) is 15.3 Å². The molecular weight excluding hydrogens is 336 g/mol. The maximum atomic E-state index is 12.1. The lowest BCUT2D eigenvalue weighted by molar-refractivity contribution is -0.116. The van der Waals surface area contributed by atoms with Crippen molar-refractivity contribution in [2.45, 2.75) is 66.6 Å². The molecule has 0 saturated heterocycles. The van der Waals surface area contributed by atoms with Crippen molar-refractivity contribution < 1.29 is 19.7 Å². The summed E-state index contributed by atoms with van der Waals surface area (Å²) >= 11 is 0. The number of carbonyl (C=O) groups is 1. The molecule has 0 aromatic carbocycles. The highest BCUT2D eigenvalue weighted by Gasteiger charge is 2.26. The molecule has 1 aromatic heterocycles. The van der Waals surface area contributed by atoms with Crippen LogP contribution in [0.25, 0.3) is 6.08 Å². The predicted octanol–water partition coefficient (Wildman–Crippen LogP) is 1.36. The number of aryl methyl sites for hydroxylation is 1. The van der Waals surface area contributed by atoms with Gasteiger partial charge in [0.05, 0.1) is 6.10 Å². The maximum Gasteiger partial charge on any atom is 0.277 e. The van der Waals surface area contributed by atoms with Gasteiger partial charge in [-0.05, 0) is 58.7 Å². The molecule has 1 amide bonds. The second kappa shape index (κ2) is 8.03. The van der Waals surface area contributed by atoms with Crippen LogP contribution in [0.5, 0.6) is 0 Å². The average molecular weight is 364 g/mol. The summed E-state index contributed by atoms with van der Waals surface area (Å²) in [6.07, 6.45) is 0.0379. The molecule has 2 heterocycles. The van der Waals surface area contributed by atoms with Crippen LogP contribution in [0.4, 0.5) is 0 Å². The summed E-state index contributed by atoms with van der Waals surface area (Å²) in [6, 6.07) is 0. The van der Waals surface area contributed by atoms with Gasteiger partial charge in [-0.25, -0.2) is 10.3 Å². The third-order valence-corrected chi connectivity index (χ3v) is 4.30. The molecule has 1 aliphatic rings. The number of hydrogen-bond donors (Lipinski definition) is 4. The highest BCUT2D eigenvalue weighted by Crippen LogP contribution is 2.24. The van der Waals surface area contributed by atoms with Crippen LogP contribution in [-0.4, -0.2) is 50.5 Å². The maximum absolute atomic E-state index is 12.1. The van der Waals surface area contributed by atoms with Crippen LogP contribution >= 0.6 is 0 Å². The van der Waals surface area contributed by atoms with Crippen molar-refractivity contribution in [3.05, 3.63) is 28.1 Å². The van der Waals surface area contributed by atoms with Gasteiger partial charge in [-0.3, -0.25) is 4.79 Å². The summed E-state index contributed by atoms with van der Waals surface area (Å²) < 4.78 is 5.58. The Balaban J connectivity index is 2.35. The van der Waals surface area contributed by atoms with E-state index in [1.165, 1.54) is 0 Å². The first kappa shape index (κ1) is 20.2.